The molecule has 1 aliphatic rings. The zero-order valence-corrected chi connectivity index (χ0v) is 10.2. The van der Waals surface area contributed by atoms with Gasteiger partial charge in [-0.2, -0.15) is 0 Å². The number of hydrogen-bond acceptors (Lipinski definition) is 2. The van der Waals surface area contributed by atoms with E-state index in [4.69, 9.17) is 5.73 Å². The van der Waals surface area contributed by atoms with Gasteiger partial charge in [0.1, 0.15) is 0 Å². The molecule has 1 aromatic carbocycles. The van der Waals surface area contributed by atoms with Gasteiger partial charge in [-0.15, -0.1) is 0 Å². The minimum Gasteiger partial charge on any atom is -0.370 e. The Bertz CT molecular complexity index is 588. The second kappa shape index (κ2) is 4.46. The number of para-hydroxylation sites is 1. The highest BCUT2D eigenvalue weighted by molar-refractivity contribution is 5.85. The van der Waals surface area contributed by atoms with Crippen LogP contribution in [0.3, 0.4) is 0 Å². The molecular formula is C14H17N3O. The topological polar surface area (TPSA) is 70.9 Å². The number of amides is 1. The minimum absolute atomic E-state index is 0.216. The summed E-state index contributed by atoms with van der Waals surface area (Å²) in [6.45, 7) is 0.957. The minimum atomic E-state index is -0.236. The molecule has 1 unspecified atom stereocenters. The Morgan fingerprint density at radius 3 is 3.06 bits per heavy atom. The van der Waals surface area contributed by atoms with E-state index in [0.717, 1.165) is 19.4 Å². The van der Waals surface area contributed by atoms with Crippen LogP contribution in [0.25, 0.3) is 10.9 Å². The van der Waals surface area contributed by atoms with Crippen molar-refractivity contribution in [1.82, 2.24) is 10.3 Å². The highest BCUT2D eigenvalue weighted by Crippen LogP contribution is 2.31. The number of primary amides is 1. The summed E-state index contributed by atoms with van der Waals surface area (Å²) in [5.41, 5.74) is 9.02. The molecule has 0 bridgehead atoms. The summed E-state index contributed by atoms with van der Waals surface area (Å²) in [6, 6.07) is 8.57. The first-order chi connectivity index (χ1) is 8.75. The molecule has 2 aromatic rings. The lowest BCUT2D eigenvalue weighted by atomic mass is 9.96. The molecule has 0 fully saturated rings. The van der Waals surface area contributed by atoms with Crippen molar-refractivity contribution in [3.8, 4) is 0 Å². The number of rotatable bonds is 3. The van der Waals surface area contributed by atoms with Crippen LogP contribution in [0.1, 0.15) is 30.1 Å². The number of carbonyl (C=O) groups is 1. The SMILES string of the molecule is NC(=O)CCC1NCCc2c1[nH]c1ccccc21. The maximum atomic E-state index is 10.9. The first kappa shape index (κ1) is 11.3. The Kier molecular flexibility index (Phi) is 2.80. The van der Waals surface area contributed by atoms with E-state index >= 15 is 0 Å². The number of hydrogen-bond donors (Lipinski definition) is 3. The molecule has 1 atom stereocenters. The summed E-state index contributed by atoms with van der Waals surface area (Å²) in [4.78, 5) is 14.4. The molecule has 3 rings (SSSR count). The Morgan fingerprint density at radius 2 is 2.22 bits per heavy atom. The Labute approximate surface area is 106 Å². The van der Waals surface area contributed by atoms with Gasteiger partial charge in [0.25, 0.3) is 0 Å². The third kappa shape index (κ3) is 1.88. The fourth-order valence-electron chi connectivity index (χ4n) is 2.79. The number of fused-ring (bicyclic) bond motifs is 3. The van der Waals surface area contributed by atoms with Gasteiger partial charge in [-0.1, -0.05) is 18.2 Å². The van der Waals surface area contributed by atoms with E-state index < -0.39 is 0 Å². The molecule has 0 saturated heterocycles. The molecule has 1 amide bonds. The maximum absolute atomic E-state index is 10.9. The van der Waals surface area contributed by atoms with Crippen molar-refractivity contribution in [3.05, 3.63) is 35.5 Å². The molecule has 4 heteroatoms. The third-order valence-corrected chi connectivity index (χ3v) is 3.64. The van der Waals surface area contributed by atoms with Gasteiger partial charge in [-0.05, 0) is 31.0 Å². The zero-order valence-electron chi connectivity index (χ0n) is 10.2. The molecule has 0 aliphatic carbocycles. The standard InChI is InChI=1S/C14H17N3O/c15-13(18)6-5-12-14-10(7-8-16-12)9-3-1-2-4-11(9)17-14/h1-4,12,16-17H,5-8H2,(H2,15,18). The van der Waals surface area contributed by atoms with Crippen molar-refractivity contribution in [2.45, 2.75) is 25.3 Å². The molecule has 18 heavy (non-hydrogen) atoms. The Morgan fingerprint density at radius 1 is 1.39 bits per heavy atom. The highest BCUT2D eigenvalue weighted by atomic mass is 16.1. The van der Waals surface area contributed by atoms with Gasteiger partial charge in [-0.3, -0.25) is 4.79 Å². The third-order valence-electron chi connectivity index (χ3n) is 3.64. The molecule has 1 aromatic heterocycles. The molecule has 4 N–H and O–H groups in total. The van der Waals surface area contributed by atoms with E-state index in [-0.39, 0.29) is 11.9 Å². The fourth-order valence-corrected chi connectivity index (χ4v) is 2.79. The molecular weight excluding hydrogens is 226 g/mol. The van der Waals surface area contributed by atoms with Gasteiger partial charge in [0.15, 0.2) is 0 Å². The van der Waals surface area contributed by atoms with Gasteiger partial charge in [-0.25, -0.2) is 0 Å². The fraction of sp³-hybridized carbons (Fsp3) is 0.357. The summed E-state index contributed by atoms with van der Waals surface area (Å²) in [6.07, 6.45) is 2.22. The van der Waals surface area contributed by atoms with Crippen LogP contribution in [0.15, 0.2) is 24.3 Å². The lowest BCUT2D eigenvalue weighted by Gasteiger charge is -2.23. The summed E-state index contributed by atoms with van der Waals surface area (Å²) in [5.74, 6) is -0.236. The predicted octanol–water partition coefficient (Wildman–Crippen LogP) is 1.62. The summed E-state index contributed by atoms with van der Waals surface area (Å²) in [5, 5.41) is 4.76. The van der Waals surface area contributed by atoms with Crippen LogP contribution in [-0.4, -0.2) is 17.4 Å². The normalized spacial score (nSPS) is 18.8. The number of aromatic nitrogens is 1. The van der Waals surface area contributed by atoms with Gasteiger partial charge in [0, 0.05) is 29.1 Å². The Hall–Kier alpha value is -1.81. The van der Waals surface area contributed by atoms with E-state index in [0.29, 0.717) is 6.42 Å². The second-order valence-electron chi connectivity index (χ2n) is 4.82. The average Bonchev–Trinajstić information content (AvgIpc) is 2.75. The maximum Gasteiger partial charge on any atom is 0.217 e. The van der Waals surface area contributed by atoms with Crippen molar-refractivity contribution in [3.63, 3.8) is 0 Å². The van der Waals surface area contributed by atoms with E-state index in [1.54, 1.807) is 0 Å². The van der Waals surface area contributed by atoms with Crippen LogP contribution in [0.2, 0.25) is 0 Å². The van der Waals surface area contributed by atoms with Gasteiger partial charge >= 0.3 is 0 Å². The van der Waals surface area contributed by atoms with Crippen LogP contribution in [0.5, 0.6) is 0 Å². The first-order valence-corrected chi connectivity index (χ1v) is 6.37. The molecule has 0 radical (unpaired) electrons. The molecule has 0 spiro atoms. The van der Waals surface area contributed by atoms with E-state index in [2.05, 4.69) is 28.5 Å². The molecule has 4 nitrogen and oxygen atoms in total. The molecule has 2 heterocycles. The Balaban J connectivity index is 1.97. The van der Waals surface area contributed by atoms with Crippen molar-refractivity contribution in [2.75, 3.05) is 6.54 Å². The quantitative estimate of drug-likeness (QED) is 0.766. The van der Waals surface area contributed by atoms with Gasteiger partial charge in [0.05, 0.1) is 0 Å². The van der Waals surface area contributed by atoms with Crippen LogP contribution in [0, 0.1) is 0 Å². The van der Waals surface area contributed by atoms with Crippen LogP contribution < -0.4 is 11.1 Å². The van der Waals surface area contributed by atoms with E-state index in [1.165, 1.54) is 22.2 Å². The summed E-state index contributed by atoms with van der Waals surface area (Å²) in [7, 11) is 0. The number of nitrogens with two attached hydrogens (primary N) is 1. The number of benzene rings is 1. The molecule has 1 aliphatic heterocycles. The van der Waals surface area contributed by atoms with Crippen molar-refractivity contribution >= 4 is 16.8 Å². The lowest BCUT2D eigenvalue weighted by molar-refractivity contribution is -0.118. The zero-order chi connectivity index (χ0) is 12.5. The van der Waals surface area contributed by atoms with Crippen LogP contribution >= 0.6 is 0 Å². The average molecular weight is 243 g/mol. The number of H-pyrrole nitrogens is 1. The van der Waals surface area contributed by atoms with Crippen molar-refractivity contribution < 1.29 is 4.79 Å². The van der Waals surface area contributed by atoms with Crippen molar-refractivity contribution in [2.24, 2.45) is 5.73 Å². The molecule has 0 saturated carbocycles. The van der Waals surface area contributed by atoms with Crippen LogP contribution in [-0.2, 0) is 11.2 Å². The molecule has 94 valence electrons. The van der Waals surface area contributed by atoms with E-state index in [1.807, 2.05) is 6.07 Å². The van der Waals surface area contributed by atoms with Gasteiger partial charge in [0.2, 0.25) is 5.91 Å². The smallest absolute Gasteiger partial charge is 0.217 e. The van der Waals surface area contributed by atoms with Gasteiger partial charge < -0.3 is 16.0 Å². The predicted molar refractivity (Wildman–Crippen MR) is 71.2 cm³/mol. The number of nitrogens with one attached hydrogen (secondary N) is 2. The second-order valence-corrected chi connectivity index (χ2v) is 4.82. The van der Waals surface area contributed by atoms with Crippen LogP contribution in [0.4, 0.5) is 0 Å². The lowest BCUT2D eigenvalue weighted by Crippen LogP contribution is -2.30. The van der Waals surface area contributed by atoms with Crippen molar-refractivity contribution in [1.29, 1.82) is 0 Å². The largest absolute Gasteiger partial charge is 0.370 e. The van der Waals surface area contributed by atoms with E-state index in [9.17, 15) is 4.79 Å². The first-order valence-electron chi connectivity index (χ1n) is 6.37. The summed E-state index contributed by atoms with van der Waals surface area (Å²) < 4.78 is 0. The number of carbonyl (C=O) groups excluding carboxylic acids is 1. The highest BCUT2D eigenvalue weighted by Gasteiger charge is 2.23. The number of aromatic amines is 1. The summed E-state index contributed by atoms with van der Waals surface area (Å²) >= 11 is 0. The monoisotopic (exact) mass is 243 g/mol.